The zero-order chi connectivity index (χ0) is 7.28. The van der Waals surface area contributed by atoms with Gasteiger partial charge in [0.25, 0.3) is 0 Å². The van der Waals surface area contributed by atoms with Crippen molar-refractivity contribution in [2.75, 3.05) is 12.4 Å². The monoisotopic (exact) mass is 149 g/mol. The van der Waals surface area contributed by atoms with Gasteiger partial charge < -0.3 is 5.32 Å². The number of ketones is 1. The topological polar surface area (TPSA) is 46.2 Å². The number of hydrogen-bond donors (Lipinski definition) is 1. The van der Waals surface area contributed by atoms with E-state index in [0.29, 0.717) is 0 Å². The molecule has 0 aliphatic heterocycles. The quantitative estimate of drug-likeness (QED) is 0.571. The maximum absolute atomic E-state index is 10.4. The van der Waals surface area contributed by atoms with Crippen LogP contribution in [0.2, 0.25) is 0 Å². The molecular weight excluding hydrogens is 142 g/mol. The number of alkyl halides is 1. The second-order valence-electron chi connectivity index (χ2n) is 1.58. The molecule has 0 aliphatic rings. The van der Waals surface area contributed by atoms with Gasteiger partial charge in [-0.2, -0.15) is 0 Å². The normalized spacial score (nSPS) is 8.67. The summed E-state index contributed by atoms with van der Waals surface area (Å²) in [4.78, 5) is 20.5. The lowest BCUT2D eigenvalue weighted by molar-refractivity contribution is -0.122. The molecule has 4 heteroatoms. The first-order valence-electron chi connectivity index (χ1n) is 2.49. The second-order valence-corrected chi connectivity index (χ2v) is 1.85. The predicted octanol–water partition coefficient (Wildman–Crippen LogP) is -0.0696. The van der Waals surface area contributed by atoms with Gasteiger partial charge in [-0.15, -0.1) is 11.6 Å². The number of rotatable bonds is 3. The summed E-state index contributed by atoms with van der Waals surface area (Å²) >= 11 is 5.13. The highest BCUT2D eigenvalue weighted by atomic mass is 35.5. The van der Waals surface area contributed by atoms with E-state index in [-0.39, 0.29) is 24.1 Å². The van der Waals surface area contributed by atoms with Crippen LogP contribution in [0.25, 0.3) is 0 Å². The highest BCUT2D eigenvalue weighted by molar-refractivity contribution is 6.28. The van der Waals surface area contributed by atoms with Crippen LogP contribution in [-0.4, -0.2) is 24.1 Å². The first kappa shape index (κ1) is 8.43. The minimum Gasteiger partial charge on any atom is -0.349 e. The molecule has 52 valence electrons. The second kappa shape index (κ2) is 4.32. The molecule has 0 heterocycles. The smallest absolute Gasteiger partial charge is 0.217 e. The van der Waals surface area contributed by atoms with E-state index in [9.17, 15) is 9.59 Å². The largest absolute Gasteiger partial charge is 0.349 e. The molecule has 1 amide bonds. The average Bonchev–Trinajstić information content (AvgIpc) is 1.83. The Hall–Kier alpha value is -0.570. The molecule has 0 fully saturated rings. The molecule has 0 aromatic heterocycles. The van der Waals surface area contributed by atoms with E-state index in [0.717, 1.165) is 0 Å². The SMILES string of the molecule is CC(=O)NCC(=O)CCl. The van der Waals surface area contributed by atoms with E-state index >= 15 is 0 Å². The number of Topliss-reactive ketones (excluding diaryl/α,β-unsaturated/α-hetero) is 1. The highest BCUT2D eigenvalue weighted by Gasteiger charge is 1.97. The van der Waals surface area contributed by atoms with Gasteiger partial charge in [-0.3, -0.25) is 9.59 Å². The number of amides is 1. The molecule has 0 aliphatic carbocycles. The summed E-state index contributed by atoms with van der Waals surface area (Å²) in [5.41, 5.74) is 0. The molecule has 0 rings (SSSR count). The van der Waals surface area contributed by atoms with Crippen LogP contribution in [0.4, 0.5) is 0 Å². The van der Waals surface area contributed by atoms with Gasteiger partial charge in [-0.1, -0.05) is 0 Å². The summed E-state index contributed by atoms with van der Waals surface area (Å²) in [6, 6.07) is 0. The number of carbonyl (C=O) groups is 2. The average molecular weight is 150 g/mol. The molecule has 0 unspecified atom stereocenters. The van der Waals surface area contributed by atoms with Crippen molar-refractivity contribution in [1.82, 2.24) is 5.32 Å². The summed E-state index contributed by atoms with van der Waals surface area (Å²) in [5, 5.41) is 2.32. The summed E-state index contributed by atoms with van der Waals surface area (Å²) < 4.78 is 0. The predicted molar refractivity (Wildman–Crippen MR) is 34.4 cm³/mol. The molecule has 0 spiro atoms. The van der Waals surface area contributed by atoms with Crippen molar-refractivity contribution in [3.05, 3.63) is 0 Å². The first-order chi connectivity index (χ1) is 4.16. The summed E-state index contributed by atoms with van der Waals surface area (Å²) in [7, 11) is 0. The maximum atomic E-state index is 10.4. The molecule has 0 aromatic rings. The van der Waals surface area contributed by atoms with Gasteiger partial charge in [0.1, 0.15) is 0 Å². The van der Waals surface area contributed by atoms with Crippen LogP contribution in [0.3, 0.4) is 0 Å². The van der Waals surface area contributed by atoms with Gasteiger partial charge >= 0.3 is 0 Å². The number of nitrogens with one attached hydrogen (secondary N) is 1. The van der Waals surface area contributed by atoms with Crippen LogP contribution in [-0.2, 0) is 9.59 Å². The standard InChI is InChI=1S/C5H8ClNO2/c1-4(8)7-3-5(9)2-6/h2-3H2,1H3,(H,7,8). The van der Waals surface area contributed by atoms with Crippen molar-refractivity contribution in [2.24, 2.45) is 0 Å². The first-order valence-corrected chi connectivity index (χ1v) is 3.02. The maximum Gasteiger partial charge on any atom is 0.217 e. The molecule has 0 radical (unpaired) electrons. The number of carbonyl (C=O) groups excluding carboxylic acids is 2. The summed E-state index contributed by atoms with van der Waals surface area (Å²) in [5.74, 6) is -0.430. The van der Waals surface area contributed by atoms with Crippen molar-refractivity contribution in [3.8, 4) is 0 Å². The Kier molecular flexibility index (Phi) is 4.05. The highest BCUT2D eigenvalue weighted by Crippen LogP contribution is 1.75. The summed E-state index contributed by atoms with van der Waals surface area (Å²) in [6.07, 6.45) is 0. The molecule has 1 N–H and O–H groups in total. The van der Waals surface area contributed by atoms with Gasteiger partial charge in [0.15, 0.2) is 5.78 Å². The third-order valence-electron chi connectivity index (χ3n) is 0.684. The fraction of sp³-hybridized carbons (Fsp3) is 0.600. The fourth-order valence-electron chi connectivity index (χ4n) is 0.270. The van der Waals surface area contributed by atoms with Crippen molar-refractivity contribution in [3.63, 3.8) is 0 Å². The molecule has 0 aromatic carbocycles. The van der Waals surface area contributed by atoms with E-state index in [1.165, 1.54) is 6.92 Å². The molecule has 0 atom stereocenters. The van der Waals surface area contributed by atoms with Gasteiger partial charge in [0.2, 0.25) is 5.91 Å². The van der Waals surface area contributed by atoms with E-state index in [2.05, 4.69) is 5.32 Å². The number of halogens is 1. The Morgan fingerprint density at radius 2 is 2.11 bits per heavy atom. The molecule has 9 heavy (non-hydrogen) atoms. The molecule has 0 saturated heterocycles. The lowest BCUT2D eigenvalue weighted by atomic mass is 10.4. The van der Waals surface area contributed by atoms with Crippen LogP contribution < -0.4 is 5.32 Å². The zero-order valence-electron chi connectivity index (χ0n) is 5.11. The molecule has 0 saturated carbocycles. The lowest BCUT2D eigenvalue weighted by Crippen LogP contribution is -2.27. The van der Waals surface area contributed by atoms with Gasteiger partial charge in [0, 0.05) is 6.92 Å². The Balaban J connectivity index is 3.28. The Labute approximate surface area is 58.4 Å². The number of hydrogen-bond acceptors (Lipinski definition) is 2. The van der Waals surface area contributed by atoms with Crippen LogP contribution in [0.1, 0.15) is 6.92 Å². The van der Waals surface area contributed by atoms with Gasteiger partial charge in [-0.05, 0) is 0 Å². The van der Waals surface area contributed by atoms with Crippen LogP contribution in [0.5, 0.6) is 0 Å². The van der Waals surface area contributed by atoms with Crippen molar-refractivity contribution >= 4 is 23.3 Å². The lowest BCUT2D eigenvalue weighted by Gasteiger charge is -1.95. The third kappa shape index (κ3) is 5.30. The Morgan fingerprint density at radius 3 is 2.44 bits per heavy atom. The van der Waals surface area contributed by atoms with E-state index in [4.69, 9.17) is 11.6 Å². The van der Waals surface area contributed by atoms with Gasteiger partial charge in [-0.25, -0.2) is 0 Å². The van der Waals surface area contributed by atoms with Crippen molar-refractivity contribution in [1.29, 1.82) is 0 Å². The van der Waals surface area contributed by atoms with Crippen LogP contribution in [0.15, 0.2) is 0 Å². The minimum absolute atomic E-state index is 0.0405. The van der Waals surface area contributed by atoms with E-state index in [1.54, 1.807) is 0 Å². The van der Waals surface area contributed by atoms with Gasteiger partial charge in [0.05, 0.1) is 12.4 Å². The third-order valence-corrected chi connectivity index (χ3v) is 0.982. The molecule has 3 nitrogen and oxygen atoms in total. The molecular formula is C5H8ClNO2. The van der Waals surface area contributed by atoms with Crippen LogP contribution >= 0.6 is 11.6 Å². The Morgan fingerprint density at radius 1 is 1.56 bits per heavy atom. The summed E-state index contributed by atoms with van der Waals surface area (Å²) in [6.45, 7) is 1.39. The van der Waals surface area contributed by atoms with E-state index < -0.39 is 0 Å². The van der Waals surface area contributed by atoms with Crippen molar-refractivity contribution < 1.29 is 9.59 Å². The van der Waals surface area contributed by atoms with E-state index in [1.807, 2.05) is 0 Å². The zero-order valence-corrected chi connectivity index (χ0v) is 5.86. The fourth-order valence-corrected chi connectivity index (χ4v) is 0.365. The molecule has 0 bridgehead atoms. The van der Waals surface area contributed by atoms with Crippen LogP contribution in [0, 0.1) is 0 Å². The minimum atomic E-state index is -0.214. The van der Waals surface area contributed by atoms with Crippen molar-refractivity contribution in [2.45, 2.75) is 6.92 Å². The Bertz CT molecular complexity index is 124.